The molecule has 1 atom stereocenters. The van der Waals surface area contributed by atoms with E-state index < -0.39 is 0 Å². The molecule has 1 aromatic carbocycles. The standard InChI is InChI=1S/C12H11Br/c13-12-8-4-7-11(9-12)10-5-2-1-3-6-10/h1-6,8-9,11H,7H2. The maximum absolute atomic E-state index is 3.50. The summed E-state index contributed by atoms with van der Waals surface area (Å²) < 4.78 is 1.19. The van der Waals surface area contributed by atoms with Crippen LogP contribution in [0.15, 0.2) is 53.0 Å². The molecule has 0 N–H and O–H groups in total. The molecule has 2 rings (SSSR count). The minimum Gasteiger partial charge on any atom is -0.0825 e. The predicted molar refractivity (Wildman–Crippen MR) is 60.0 cm³/mol. The van der Waals surface area contributed by atoms with Crippen molar-refractivity contribution in [3.05, 3.63) is 58.6 Å². The Balaban J connectivity index is 2.24. The Morgan fingerprint density at radius 3 is 2.62 bits per heavy atom. The Morgan fingerprint density at radius 1 is 1.15 bits per heavy atom. The van der Waals surface area contributed by atoms with E-state index >= 15 is 0 Å². The van der Waals surface area contributed by atoms with Crippen molar-refractivity contribution in [3.63, 3.8) is 0 Å². The van der Waals surface area contributed by atoms with Crippen molar-refractivity contribution in [1.29, 1.82) is 0 Å². The van der Waals surface area contributed by atoms with Gasteiger partial charge in [0.25, 0.3) is 0 Å². The van der Waals surface area contributed by atoms with E-state index in [-0.39, 0.29) is 0 Å². The summed E-state index contributed by atoms with van der Waals surface area (Å²) in [5, 5.41) is 0. The lowest BCUT2D eigenvalue weighted by molar-refractivity contribution is 0.852. The number of rotatable bonds is 1. The van der Waals surface area contributed by atoms with E-state index in [2.05, 4.69) is 64.5 Å². The highest BCUT2D eigenvalue weighted by molar-refractivity contribution is 9.11. The summed E-state index contributed by atoms with van der Waals surface area (Å²) in [5.41, 5.74) is 1.39. The molecule has 0 radical (unpaired) electrons. The summed E-state index contributed by atoms with van der Waals surface area (Å²) in [5.74, 6) is 0.542. The third-order valence-electron chi connectivity index (χ3n) is 2.26. The quantitative estimate of drug-likeness (QED) is 0.689. The highest BCUT2D eigenvalue weighted by Gasteiger charge is 2.09. The molecule has 0 spiro atoms. The molecule has 1 aliphatic rings. The number of benzene rings is 1. The second-order valence-corrected chi connectivity index (χ2v) is 4.12. The molecule has 0 aromatic heterocycles. The fraction of sp³-hybridized carbons (Fsp3) is 0.167. The number of halogens is 1. The van der Waals surface area contributed by atoms with Crippen LogP contribution in [-0.4, -0.2) is 0 Å². The largest absolute Gasteiger partial charge is 0.0825 e. The van der Waals surface area contributed by atoms with Gasteiger partial charge in [-0.1, -0.05) is 64.5 Å². The van der Waals surface area contributed by atoms with E-state index in [0.29, 0.717) is 5.92 Å². The summed E-state index contributed by atoms with van der Waals surface area (Å²) >= 11 is 3.50. The van der Waals surface area contributed by atoms with E-state index in [0.717, 1.165) is 6.42 Å². The molecule has 1 heteroatoms. The van der Waals surface area contributed by atoms with Crippen LogP contribution < -0.4 is 0 Å². The van der Waals surface area contributed by atoms with Crippen LogP contribution in [0.5, 0.6) is 0 Å². The summed E-state index contributed by atoms with van der Waals surface area (Å²) in [6, 6.07) is 10.6. The first kappa shape index (κ1) is 8.76. The highest BCUT2D eigenvalue weighted by atomic mass is 79.9. The van der Waals surface area contributed by atoms with Gasteiger partial charge in [0.05, 0.1) is 0 Å². The Kier molecular flexibility index (Phi) is 2.65. The van der Waals surface area contributed by atoms with E-state index in [1.54, 1.807) is 0 Å². The van der Waals surface area contributed by atoms with E-state index in [1.807, 2.05) is 0 Å². The van der Waals surface area contributed by atoms with Gasteiger partial charge in [-0.05, 0) is 12.0 Å². The lowest BCUT2D eigenvalue weighted by Crippen LogP contribution is -1.96. The lowest BCUT2D eigenvalue weighted by Gasteiger charge is -2.14. The Labute approximate surface area is 87.1 Å². The molecule has 0 fully saturated rings. The zero-order valence-corrected chi connectivity index (χ0v) is 8.87. The van der Waals surface area contributed by atoms with Crippen molar-refractivity contribution in [2.75, 3.05) is 0 Å². The van der Waals surface area contributed by atoms with Gasteiger partial charge in [0.2, 0.25) is 0 Å². The van der Waals surface area contributed by atoms with Crippen LogP contribution in [-0.2, 0) is 0 Å². The van der Waals surface area contributed by atoms with Gasteiger partial charge in [-0.15, -0.1) is 0 Å². The Bertz CT molecular complexity index is 335. The van der Waals surface area contributed by atoms with E-state index in [9.17, 15) is 0 Å². The smallest absolute Gasteiger partial charge is 0.0138 e. The van der Waals surface area contributed by atoms with Crippen LogP contribution in [0.25, 0.3) is 0 Å². The van der Waals surface area contributed by atoms with Gasteiger partial charge < -0.3 is 0 Å². The van der Waals surface area contributed by atoms with Crippen molar-refractivity contribution < 1.29 is 0 Å². The molecule has 0 amide bonds. The molecule has 0 heterocycles. The minimum absolute atomic E-state index is 0.542. The normalized spacial score (nSPS) is 21.3. The van der Waals surface area contributed by atoms with Gasteiger partial charge in [0, 0.05) is 10.4 Å². The van der Waals surface area contributed by atoms with E-state index in [1.165, 1.54) is 10.0 Å². The average molecular weight is 235 g/mol. The summed E-state index contributed by atoms with van der Waals surface area (Å²) in [6.07, 6.45) is 7.69. The minimum atomic E-state index is 0.542. The highest BCUT2D eigenvalue weighted by Crippen LogP contribution is 2.28. The molecule has 0 saturated carbocycles. The predicted octanol–water partition coefficient (Wildman–Crippen LogP) is 4.01. The summed E-state index contributed by atoms with van der Waals surface area (Å²) in [7, 11) is 0. The molecular formula is C12H11Br. The lowest BCUT2D eigenvalue weighted by atomic mass is 9.93. The van der Waals surface area contributed by atoms with Gasteiger partial charge in [-0.25, -0.2) is 0 Å². The summed E-state index contributed by atoms with van der Waals surface area (Å²) in [6.45, 7) is 0. The molecule has 0 nitrogen and oxygen atoms in total. The van der Waals surface area contributed by atoms with Gasteiger partial charge in [0.15, 0.2) is 0 Å². The van der Waals surface area contributed by atoms with Crippen LogP contribution >= 0.6 is 15.9 Å². The van der Waals surface area contributed by atoms with Crippen molar-refractivity contribution in [3.8, 4) is 0 Å². The van der Waals surface area contributed by atoms with Crippen LogP contribution in [0.2, 0.25) is 0 Å². The van der Waals surface area contributed by atoms with Gasteiger partial charge in [0.1, 0.15) is 0 Å². The van der Waals surface area contributed by atoms with Crippen LogP contribution in [0, 0.1) is 0 Å². The summed E-state index contributed by atoms with van der Waals surface area (Å²) in [4.78, 5) is 0. The molecule has 1 aromatic rings. The molecule has 13 heavy (non-hydrogen) atoms. The van der Waals surface area contributed by atoms with Gasteiger partial charge in [-0.3, -0.25) is 0 Å². The third kappa shape index (κ3) is 2.10. The first-order valence-corrected chi connectivity index (χ1v) is 5.24. The first-order valence-electron chi connectivity index (χ1n) is 4.45. The fourth-order valence-electron chi connectivity index (χ4n) is 1.58. The maximum atomic E-state index is 3.50. The second kappa shape index (κ2) is 3.93. The zero-order valence-electron chi connectivity index (χ0n) is 7.28. The van der Waals surface area contributed by atoms with E-state index in [4.69, 9.17) is 0 Å². The number of hydrogen-bond donors (Lipinski definition) is 0. The second-order valence-electron chi connectivity index (χ2n) is 3.21. The van der Waals surface area contributed by atoms with Gasteiger partial charge >= 0.3 is 0 Å². The Hall–Kier alpha value is -0.820. The molecular weight excluding hydrogens is 224 g/mol. The number of hydrogen-bond acceptors (Lipinski definition) is 0. The molecule has 1 aliphatic carbocycles. The third-order valence-corrected chi connectivity index (χ3v) is 2.78. The molecule has 0 bridgehead atoms. The molecule has 1 unspecified atom stereocenters. The van der Waals surface area contributed by atoms with Gasteiger partial charge in [-0.2, -0.15) is 0 Å². The molecule has 0 aliphatic heterocycles. The first-order chi connectivity index (χ1) is 6.36. The van der Waals surface area contributed by atoms with Crippen molar-refractivity contribution >= 4 is 15.9 Å². The topological polar surface area (TPSA) is 0 Å². The maximum Gasteiger partial charge on any atom is 0.0138 e. The van der Waals surface area contributed by atoms with Crippen molar-refractivity contribution in [1.82, 2.24) is 0 Å². The van der Waals surface area contributed by atoms with Crippen molar-refractivity contribution in [2.45, 2.75) is 12.3 Å². The zero-order chi connectivity index (χ0) is 9.10. The fourth-order valence-corrected chi connectivity index (χ4v) is 2.08. The number of allylic oxidation sites excluding steroid dienone is 4. The van der Waals surface area contributed by atoms with Crippen LogP contribution in [0.4, 0.5) is 0 Å². The SMILES string of the molecule is BrC1=CC(c2ccccc2)CC=C1. The van der Waals surface area contributed by atoms with Crippen molar-refractivity contribution in [2.24, 2.45) is 0 Å². The molecule has 0 saturated heterocycles. The monoisotopic (exact) mass is 234 g/mol. The van der Waals surface area contributed by atoms with Crippen LogP contribution in [0.3, 0.4) is 0 Å². The Morgan fingerprint density at radius 2 is 1.92 bits per heavy atom. The molecule has 66 valence electrons. The van der Waals surface area contributed by atoms with Crippen LogP contribution in [0.1, 0.15) is 17.9 Å². The average Bonchev–Trinajstić information content (AvgIpc) is 2.19.